The van der Waals surface area contributed by atoms with Crippen LogP contribution in [0.4, 0.5) is 5.95 Å². The zero-order valence-electron chi connectivity index (χ0n) is 17.9. The number of anilines is 1. The average molecular weight is 441 g/mol. The smallest absolute Gasteiger partial charge is 0.228 e. The number of piperidine rings is 1. The Morgan fingerprint density at radius 3 is 2.68 bits per heavy atom. The Kier molecular flexibility index (Phi) is 5.82. The second-order valence-electron chi connectivity index (χ2n) is 8.78. The normalized spacial score (nSPS) is 22.0. The third-order valence-electron chi connectivity index (χ3n) is 6.64. The van der Waals surface area contributed by atoms with Gasteiger partial charge in [-0.1, -0.05) is 11.6 Å². The number of likely N-dealkylation sites (tertiary alicyclic amines) is 1. The van der Waals surface area contributed by atoms with Crippen molar-refractivity contribution in [3.8, 4) is 0 Å². The van der Waals surface area contributed by atoms with E-state index in [0.717, 1.165) is 73.6 Å². The van der Waals surface area contributed by atoms with Crippen LogP contribution in [0.15, 0.2) is 35.1 Å². The van der Waals surface area contributed by atoms with E-state index in [0.29, 0.717) is 29.7 Å². The first-order valence-corrected chi connectivity index (χ1v) is 11.5. The SMILES string of the molecule is CN=C(/C=C(\N)C1CC1)Nc1ncc2cc(Cl)c(C3CCN(C4COC4)CC3)cc2n1. The number of fused-ring (bicyclic) bond motifs is 1. The van der Waals surface area contributed by atoms with Crippen molar-refractivity contribution in [3.05, 3.63) is 40.7 Å². The number of halogens is 1. The fourth-order valence-corrected chi connectivity index (χ4v) is 4.74. The van der Waals surface area contributed by atoms with Gasteiger partial charge in [0.25, 0.3) is 0 Å². The molecule has 3 heterocycles. The number of hydrogen-bond donors (Lipinski definition) is 2. The molecule has 8 heteroatoms. The Labute approximate surface area is 187 Å². The number of rotatable bonds is 5. The number of aliphatic imine (C=N–C) groups is 1. The van der Waals surface area contributed by atoms with Crippen LogP contribution in [-0.2, 0) is 4.74 Å². The van der Waals surface area contributed by atoms with Crippen LogP contribution in [0.25, 0.3) is 10.9 Å². The summed E-state index contributed by atoms with van der Waals surface area (Å²) in [6.07, 6.45) is 8.22. The summed E-state index contributed by atoms with van der Waals surface area (Å²) in [6, 6.07) is 4.72. The first-order chi connectivity index (χ1) is 15.1. The molecule has 0 radical (unpaired) electrons. The van der Waals surface area contributed by atoms with Crippen molar-refractivity contribution >= 4 is 34.3 Å². The maximum Gasteiger partial charge on any atom is 0.228 e. The number of allylic oxidation sites excluding steroid dienone is 1. The zero-order chi connectivity index (χ0) is 21.4. The number of nitrogens with one attached hydrogen (secondary N) is 1. The standard InChI is InChI=1S/C23H29ClN6O/c1-26-22(10-20(25)15-2-3-15)29-23-27-11-16-8-19(24)18(9-21(16)28-23)14-4-6-30(7-5-14)17-12-31-13-17/h8-11,14-15,17H,2-7,12-13,25H2,1H3,(H,26,27,28,29)/b20-10-. The van der Waals surface area contributed by atoms with Gasteiger partial charge in [-0.25, -0.2) is 9.97 Å². The molecule has 3 aliphatic rings. The van der Waals surface area contributed by atoms with Crippen LogP contribution in [0.3, 0.4) is 0 Å². The maximum atomic E-state index is 6.67. The molecule has 0 atom stereocenters. The predicted octanol–water partition coefficient (Wildman–Crippen LogP) is 3.55. The number of aromatic nitrogens is 2. The number of hydrogen-bond acceptors (Lipinski definition) is 6. The molecule has 164 valence electrons. The van der Waals surface area contributed by atoms with Crippen molar-refractivity contribution in [3.63, 3.8) is 0 Å². The van der Waals surface area contributed by atoms with Crippen LogP contribution in [0.1, 0.15) is 37.2 Å². The highest BCUT2D eigenvalue weighted by atomic mass is 35.5. The van der Waals surface area contributed by atoms with Crippen LogP contribution in [-0.4, -0.2) is 60.1 Å². The van der Waals surface area contributed by atoms with Crippen molar-refractivity contribution in [2.45, 2.75) is 37.6 Å². The molecule has 0 unspecified atom stereocenters. The van der Waals surface area contributed by atoms with E-state index in [-0.39, 0.29) is 0 Å². The van der Waals surface area contributed by atoms with Crippen molar-refractivity contribution < 1.29 is 4.74 Å². The lowest BCUT2D eigenvalue weighted by Crippen LogP contribution is -2.51. The van der Waals surface area contributed by atoms with Crippen LogP contribution in [0.5, 0.6) is 0 Å². The summed E-state index contributed by atoms with van der Waals surface area (Å²) in [7, 11) is 1.74. The Hall–Kier alpha value is -2.22. The van der Waals surface area contributed by atoms with Crippen molar-refractivity contribution in [1.29, 1.82) is 0 Å². The van der Waals surface area contributed by atoms with Crippen LogP contribution >= 0.6 is 11.6 Å². The van der Waals surface area contributed by atoms with Crippen molar-refractivity contribution in [2.75, 3.05) is 38.7 Å². The molecule has 1 aliphatic carbocycles. The van der Waals surface area contributed by atoms with E-state index in [9.17, 15) is 0 Å². The second kappa shape index (κ2) is 8.73. The van der Waals surface area contributed by atoms with E-state index < -0.39 is 0 Å². The van der Waals surface area contributed by atoms with Crippen molar-refractivity contribution in [1.82, 2.24) is 14.9 Å². The molecule has 7 nitrogen and oxygen atoms in total. The average Bonchev–Trinajstić information content (AvgIpc) is 3.58. The third-order valence-corrected chi connectivity index (χ3v) is 6.96. The Morgan fingerprint density at radius 2 is 2.03 bits per heavy atom. The predicted molar refractivity (Wildman–Crippen MR) is 125 cm³/mol. The topological polar surface area (TPSA) is 88.7 Å². The number of amidine groups is 1. The Bertz CT molecular complexity index is 1020. The highest BCUT2D eigenvalue weighted by Crippen LogP contribution is 2.36. The molecule has 0 amide bonds. The second-order valence-corrected chi connectivity index (χ2v) is 9.19. The van der Waals surface area contributed by atoms with E-state index in [4.69, 9.17) is 27.1 Å². The van der Waals surface area contributed by atoms with E-state index >= 15 is 0 Å². The first-order valence-electron chi connectivity index (χ1n) is 11.1. The lowest BCUT2D eigenvalue weighted by atomic mass is 9.88. The molecule has 2 aromatic rings. The van der Waals surface area contributed by atoms with Crippen LogP contribution < -0.4 is 11.1 Å². The fraction of sp³-hybridized carbons (Fsp3) is 0.522. The summed E-state index contributed by atoms with van der Waals surface area (Å²) in [5, 5.41) is 4.94. The lowest BCUT2D eigenvalue weighted by molar-refractivity contribution is -0.0712. The molecule has 1 saturated carbocycles. The number of nitrogens with zero attached hydrogens (tertiary/aromatic N) is 4. The number of ether oxygens (including phenoxy) is 1. The van der Waals surface area contributed by atoms with Gasteiger partial charge in [0, 0.05) is 29.4 Å². The van der Waals surface area contributed by atoms with Gasteiger partial charge in [0.2, 0.25) is 5.95 Å². The molecule has 2 aliphatic heterocycles. The quantitative estimate of drug-likeness (QED) is 0.546. The summed E-state index contributed by atoms with van der Waals surface area (Å²) < 4.78 is 5.35. The molecule has 0 bridgehead atoms. The van der Waals surface area contributed by atoms with Gasteiger partial charge in [0.15, 0.2) is 0 Å². The van der Waals surface area contributed by atoms with Gasteiger partial charge in [-0.05, 0) is 74.4 Å². The van der Waals surface area contributed by atoms with Crippen LogP contribution in [0.2, 0.25) is 5.02 Å². The molecule has 3 N–H and O–H groups in total. The molecule has 5 rings (SSSR count). The van der Waals surface area contributed by atoms with Gasteiger partial charge in [-0.2, -0.15) is 0 Å². The molecular formula is C23H29ClN6O. The van der Waals surface area contributed by atoms with E-state index in [1.165, 1.54) is 5.56 Å². The molecular weight excluding hydrogens is 412 g/mol. The minimum atomic E-state index is 0.453. The Balaban J connectivity index is 1.33. The molecule has 1 aromatic heterocycles. The van der Waals surface area contributed by atoms with E-state index in [1.807, 2.05) is 12.1 Å². The summed E-state index contributed by atoms with van der Waals surface area (Å²) in [5.41, 5.74) is 9.07. The molecule has 2 saturated heterocycles. The van der Waals surface area contributed by atoms with Gasteiger partial charge in [0.05, 0.1) is 24.8 Å². The van der Waals surface area contributed by atoms with Crippen molar-refractivity contribution in [2.24, 2.45) is 16.6 Å². The first kappa shape index (κ1) is 20.7. The third kappa shape index (κ3) is 4.54. The summed E-state index contributed by atoms with van der Waals surface area (Å²) in [6.45, 7) is 3.93. The van der Waals surface area contributed by atoms with E-state index in [1.54, 1.807) is 13.2 Å². The fourth-order valence-electron chi connectivity index (χ4n) is 4.41. The lowest BCUT2D eigenvalue weighted by Gasteiger charge is -2.41. The summed E-state index contributed by atoms with van der Waals surface area (Å²) in [5.74, 6) is 2.13. The highest BCUT2D eigenvalue weighted by Gasteiger charge is 2.30. The zero-order valence-corrected chi connectivity index (χ0v) is 18.6. The minimum Gasteiger partial charge on any atom is -0.402 e. The number of nitrogens with two attached hydrogens (primary N) is 1. The van der Waals surface area contributed by atoms with Crippen LogP contribution in [0, 0.1) is 5.92 Å². The van der Waals surface area contributed by atoms with Gasteiger partial charge in [0.1, 0.15) is 5.84 Å². The monoisotopic (exact) mass is 440 g/mol. The highest BCUT2D eigenvalue weighted by molar-refractivity contribution is 6.32. The Morgan fingerprint density at radius 1 is 1.26 bits per heavy atom. The van der Waals surface area contributed by atoms with Gasteiger partial charge >= 0.3 is 0 Å². The molecule has 3 fully saturated rings. The van der Waals surface area contributed by atoms with Gasteiger partial charge in [-0.3, -0.25) is 9.89 Å². The summed E-state index contributed by atoms with van der Waals surface area (Å²) >= 11 is 6.67. The molecule has 31 heavy (non-hydrogen) atoms. The molecule has 0 spiro atoms. The summed E-state index contributed by atoms with van der Waals surface area (Å²) in [4.78, 5) is 16.0. The molecule has 1 aromatic carbocycles. The largest absolute Gasteiger partial charge is 0.402 e. The minimum absolute atomic E-state index is 0.453. The van der Waals surface area contributed by atoms with E-state index in [2.05, 4.69) is 26.3 Å². The van der Waals surface area contributed by atoms with Gasteiger partial charge < -0.3 is 15.8 Å². The number of benzene rings is 1. The maximum absolute atomic E-state index is 6.67. The van der Waals surface area contributed by atoms with Gasteiger partial charge in [-0.15, -0.1) is 0 Å².